The Bertz CT molecular complexity index is 890. The number of anilines is 1. The van der Waals surface area contributed by atoms with Crippen LogP contribution in [0.15, 0.2) is 48.5 Å². The number of rotatable bonds is 4. The number of para-hydroxylation sites is 2. The third kappa shape index (κ3) is 3.19. The van der Waals surface area contributed by atoms with Crippen LogP contribution < -0.4 is 9.64 Å². The Labute approximate surface area is 165 Å². The minimum absolute atomic E-state index is 0.0147. The van der Waals surface area contributed by atoms with Gasteiger partial charge in [0, 0.05) is 38.3 Å². The summed E-state index contributed by atoms with van der Waals surface area (Å²) in [6.45, 7) is 5.09. The van der Waals surface area contributed by atoms with Crippen molar-refractivity contribution >= 4 is 17.5 Å². The molecule has 6 heteroatoms. The number of ether oxygens (including phenoxy) is 1. The van der Waals surface area contributed by atoms with Gasteiger partial charge in [-0.05, 0) is 30.7 Å². The lowest BCUT2D eigenvalue weighted by Crippen LogP contribution is -2.54. The van der Waals surface area contributed by atoms with Gasteiger partial charge in [-0.3, -0.25) is 9.59 Å². The molecule has 2 aromatic rings. The van der Waals surface area contributed by atoms with Crippen LogP contribution in [0.1, 0.15) is 22.8 Å². The first-order valence-electron chi connectivity index (χ1n) is 9.66. The second-order valence-electron chi connectivity index (χ2n) is 7.25. The van der Waals surface area contributed by atoms with Gasteiger partial charge in [-0.25, -0.2) is 0 Å². The van der Waals surface area contributed by atoms with Gasteiger partial charge in [0.15, 0.2) is 0 Å². The molecule has 28 heavy (non-hydrogen) atoms. The van der Waals surface area contributed by atoms with Crippen molar-refractivity contribution in [3.05, 3.63) is 59.7 Å². The molecule has 0 spiro atoms. The van der Waals surface area contributed by atoms with E-state index in [9.17, 15) is 9.59 Å². The van der Waals surface area contributed by atoms with E-state index in [1.807, 2.05) is 60.4 Å². The number of benzene rings is 2. The van der Waals surface area contributed by atoms with E-state index in [2.05, 4.69) is 4.90 Å². The van der Waals surface area contributed by atoms with Crippen molar-refractivity contribution in [1.82, 2.24) is 9.80 Å². The molecular weight excluding hydrogens is 354 g/mol. The molecule has 2 aliphatic heterocycles. The molecule has 2 amide bonds. The molecule has 1 atom stereocenters. The smallest absolute Gasteiger partial charge is 0.255 e. The third-order valence-corrected chi connectivity index (χ3v) is 5.69. The molecule has 1 fully saturated rings. The van der Waals surface area contributed by atoms with Crippen molar-refractivity contribution in [2.45, 2.75) is 19.5 Å². The summed E-state index contributed by atoms with van der Waals surface area (Å²) in [4.78, 5) is 31.5. The topological polar surface area (TPSA) is 53.1 Å². The summed E-state index contributed by atoms with van der Waals surface area (Å²) >= 11 is 0. The van der Waals surface area contributed by atoms with Gasteiger partial charge in [-0.2, -0.15) is 0 Å². The lowest BCUT2D eigenvalue weighted by molar-refractivity contribution is -0.136. The number of carbonyl (C=O) groups is 2. The van der Waals surface area contributed by atoms with Crippen LogP contribution in [0.2, 0.25) is 0 Å². The molecular formula is C22H25N3O3. The monoisotopic (exact) mass is 379 g/mol. The second kappa shape index (κ2) is 7.54. The molecule has 146 valence electrons. The van der Waals surface area contributed by atoms with E-state index in [4.69, 9.17) is 4.74 Å². The highest BCUT2D eigenvalue weighted by Crippen LogP contribution is 2.29. The Hall–Kier alpha value is -3.02. The lowest BCUT2D eigenvalue weighted by atomic mass is 10.1. The van der Waals surface area contributed by atoms with Crippen LogP contribution >= 0.6 is 0 Å². The molecule has 0 aromatic heterocycles. The van der Waals surface area contributed by atoms with Crippen molar-refractivity contribution in [1.29, 1.82) is 0 Å². The van der Waals surface area contributed by atoms with Gasteiger partial charge in [0.25, 0.3) is 5.91 Å². The first-order valence-corrected chi connectivity index (χ1v) is 9.66. The zero-order valence-corrected chi connectivity index (χ0v) is 16.3. The molecule has 0 saturated carbocycles. The number of hydrogen-bond acceptors (Lipinski definition) is 4. The van der Waals surface area contributed by atoms with E-state index >= 15 is 0 Å². The SMILES string of the molecule is COc1ccccc1N1CCN(C(=O)[C@@H](C)N2Cc3ccccc3C2=O)CC1. The molecule has 0 unspecified atom stereocenters. The lowest BCUT2D eigenvalue weighted by Gasteiger charge is -2.38. The van der Waals surface area contributed by atoms with Crippen LogP contribution in [-0.2, 0) is 11.3 Å². The van der Waals surface area contributed by atoms with Crippen molar-refractivity contribution in [3.63, 3.8) is 0 Å². The van der Waals surface area contributed by atoms with Crippen LogP contribution in [0.4, 0.5) is 5.69 Å². The largest absolute Gasteiger partial charge is 0.495 e. The summed E-state index contributed by atoms with van der Waals surface area (Å²) in [5.41, 5.74) is 2.76. The van der Waals surface area contributed by atoms with E-state index in [0.717, 1.165) is 30.1 Å². The summed E-state index contributed by atoms with van der Waals surface area (Å²) in [7, 11) is 1.67. The predicted molar refractivity (Wildman–Crippen MR) is 108 cm³/mol. The van der Waals surface area contributed by atoms with Crippen molar-refractivity contribution in [3.8, 4) is 5.75 Å². The predicted octanol–water partition coefficient (Wildman–Crippen LogP) is 2.39. The van der Waals surface area contributed by atoms with Crippen LogP contribution in [0.3, 0.4) is 0 Å². The second-order valence-corrected chi connectivity index (χ2v) is 7.25. The van der Waals surface area contributed by atoms with Gasteiger partial charge in [-0.15, -0.1) is 0 Å². The van der Waals surface area contributed by atoms with Gasteiger partial charge < -0.3 is 19.4 Å². The maximum Gasteiger partial charge on any atom is 0.255 e. The van der Waals surface area contributed by atoms with E-state index in [0.29, 0.717) is 25.2 Å². The van der Waals surface area contributed by atoms with Crippen molar-refractivity contribution in [2.75, 3.05) is 38.2 Å². The van der Waals surface area contributed by atoms with Crippen LogP contribution in [0, 0.1) is 0 Å². The summed E-state index contributed by atoms with van der Waals surface area (Å²) in [5, 5.41) is 0. The molecule has 2 heterocycles. The highest BCUT2D eigenvalue weighted by Gasteiger charge is 2.36. The number of nitrogens with zero attached hydrogens (tertiary/aromatic N) is 3. The van der Waals surface area contributed by atoms with E-state index in [-0.39, 0.29) is 11.8 Å². The van der Waals surface area contributed by atoms with Crippen molar-refractivity contribution in [2.24, 2.45) is 0 Å². The van der Waals surface area contributed by atoms with E-state index in [1.54, 1.807) is 12.0 Å². The number of amides is 2. The Kier molecular flexibility index (Phi) is 4.94. The van der Waals surface area contributed by atoms with Gasteiger partial charge in [0.1, 0.15) is 11.8 Å². The third-order valence-electron chi connectivity index (χ3n) is 5.69. The van der Waals surface area contributed by atoms with Crippen molar-refractivity contribution < 1.29 is 14.3 Å². The first kappa shape index (κ1) is 18.3. The normalized spacial score (nSPS) is 17.5. The number of hydrogen-bond donors (Lipinski definition) is 0. The average molecular weight is 379 g/mol. The maximum atomic E-state index is 13.0. The minimum atomic E-state index is -0.460. The Balaban J connectivity index is 1.40. The fourth-order valence-corrected chi connectivity index (χ4v) is 4.05. The molecule has 2 aliphatic rings. The highest BCUT2D eigenvalue weighted by atomic mass is 16.5. The Morgan fingerprint density at radius 3 is 2.39 bits per heavy atom. The maximum absolute atomic E-state index is 13.0. The number of methoxy groups -OCH3 is 1. The summed E-state index contributed by atoms with van der Waals surface area (Å²) in [5.74, 6) is 0.806. The Morgan fingerprint density at radius 2 is 1.68 bits per heavy atom. The van der Waals surface area contributed by atoms with Crippen LogP contribution in [0.5, 0.6) is 5.75 Å². The first-order chi connectivity index (χ1) is 13.6. The minimum Gasteiger partial charge on any atom is -0.495 e. The quantitative estimate of drug-likeness (QED) is 0.819. The molecule has 0 bridgehead atoms. The molecule has 4 rings (SSSR count). The van der Waals surface area contributed by atoms with E-state index < -0.39 is 6.04 Å². The van der Waals surface area contributed by atoms with Gasteiger partial charge in [0.05, 0.1) is 12.8 Å². The number of piperazine rings is 1. The summed E-state index contributed by atoms with van der Waals surface area (Å²) in [6.07, 6.45) is 0. The zero-order valence-electron chi connectivity index (χ0n) is 16.3. The fourth-order valence-electron chi connectivity index (χ4n) is 4.05. The molecule has 1 saturated heterocycles. The van der Waals surface area contributed by atoms with Gasteiger partial charge in [-0.1, -0.05) is 30.3 Å². The molecule has 0 radical (unpaired) electrons. The zero-order chi connectivity index (χ0) is 19.7. The summed E-state index contributed by atoms with van der Waals surface area (Å²) < 4.78 is 5.45. The van der Waals surface area contributed by atoms with Gasteiger partial charge in [0.2, 0.25) is 5.91 Å². The fraction of sp³-hybridized carbons (Fsp3) is 0.364. The average Bonchev–Trinajstić information content (AvgIpc) is 3.09. The van der Waals surface area contributed by atoms with Gasteiger partial charge >= 0.3 is 0 Å². The highest BCUT2D eigenvalue weighted by molar-refractivity contribution is 6.01. The standard InChI is InChI=1S/C22H25N3O3/c1-16(25-15-17-7-3-4-8-18(17)22(25)27)21(26)24-13-11-23(12-14-24)19-9-5-6-10-20(19)28-2/h3-10,16H,11-15H2,1-2H3/t16-/m1/s1. The molecule has 0 N–H and O–H groups in total. The number of carbonyl (C=O) groups excluding carboxylic acids is 2. The van der Waals surface area contributed by atoms with Crippen LogP contribution in [-0.4, -0.2) is 60.9 Å². The number of fused-ring (bicyclic) bond motifs is 1. The van der Waals surface area contributed by atoms with E-state index in [1.165, 1.54) is 0 Å². The molecule has 0 aliphatic carbocycles. The Morgan fingerprint density at radius 1 is 1.00 bits per heavy atom. The summed E-state index contributed by atoms with van der Waals surface area (Å²) in [6, 6.07) is 15.1. The van der Waals surface area contributed by atoms with Crippen LogP contribution in [0.25, 0.3) is 0 Å². The molecule has 2 aromatic carbocycles. The molecule has 6 nitrogen and oxygen atoms in total.